The average Bonchev–Trinajstić information content (AvgIpc) is 2.42. The minimum Gasteiger partial charge on any atom is -0.204 e. The number of benzene rings is 1. The van der Waals surface area contributed by atoms with Gasteiger partial charge in [0.1, 0.15) is 0 Å². The second-order valence-corrected chi connectivity index (χ2v) is 8.01. The molecular formula is C18H25ClF2. The van der Waals surface area contributed by atoms with Gasteiger partial charge in [-0.25, -0.2) is 8.78 Å². The van der Waals surface area contributed by atoms with Crippen LogP contribution in [0.5, 0.6) is 0 Å². The fourth-order valence-corrected chi connectivity index (χ4v) is 3.84. The number of halogens is 3. The van der Waals surface area contributed by atoms with Crippen molar-refractivity contribution in [1.29, 1.82) is 0 Å². The Morgan fingerprint density at radius 1 is 1.10 bits per heavy atom. The Bertz CT molecular complexity index is 471. The molecule has 1 unspecified atom stereocenters. The maximum Gasteiger partial charge on any atom is 0.159 e. The van der Waals surface area contributed by atoms with Gasteiger partial charge in [-0.05, 0) is 67.1 Å². The highest BCUT2D eigenvalue weighted by Crippen LogP contribution is 2.42. The minimum atomic E-state index is -0.796. The Balaban J connectivity index is 1.90. The first-order valence-corrected chi connectivity index (χ1v) is 8.29. The van der Waals surface area contributed by atoms with Crippen molar-refractivity contribution in [3.05, 3.63) is 35.4 Å². The molecule has 0 N–H and O–H groups in total. The number of hydrogen-bond donors (Lipinski definition) is 0. The van der Waals surface area contributed by atoms with Gasteiger partial charge in [-0.15, -0.1) is 11.6 Å². The molecule has 0 amide bonds. The van der Waals surface area contributed by atoms with E-state index in [2.05, 4.69) is 20.8 Å². The van der Waals surface area contributed by atoms with E-state index >= 15 is 0 Å². The normalized spacial score (nSPS) is 24.9. The summed E-state index contributed by atoms with van der Waals surface area (Å²) in [4.78, 5) is 0. The highest BCUT2D eigenvalue weighted by molar-refractivity contribution is 6.20. The van der Waals surface area contributed by atoms with E-state index in [4.69, 9.17) is 11.6 Å². The first-order valence-electron chi connectivity index (χ1n) is 7.85. The fourth-order valence-electron chi connectivity index (χ4n) is 3.41. The van der Waals surface area contributed by atoms with Gasteiger partial charge in [0.25, 0.3) is 0 Å². The molecule has 0 saturated heterocycles. The Labute approximate surface area is 131 Å². The topological polar surface area (TPSA) is 0 Å². The predicted molar refractivity (Wildman–Crippen MR) is 84.6 cm³/mol. The van der Waals surface area contributed by atoms with Gasteiger partial charge in [0.15, 0.2) is 11.6 Å². The minimum absolute atomic E-state index is 0.00998. The molecule has 2 rings (SSSR count). The lowest BCUT2D eigenvalue weighted by Crippen LogP contribution is -2.29. The van der Waals surface area contributed by atoms with E-state index in [-0.39, 0.29) is 5.38 Å². The van der Waals surface area contributed by atoms with E-state index in [9.17, 15) is 8.78 Å². The monoisotopic (exact) mass is 314 g/mol. The fraction of sp³-hybridized carbons (Fsp3) is 0.667. The van der Waals surface area contributed by atoms with Gasteiger partial charge in [0, 0.05) is 5.38 Å². The SMILES string of the molecule is CC(C)(C)C1CCC(C(Cl)Cc2ccc(F)c(F)c2)CC1. The Morgan fingerprint density at radius 2 is 1.71 bits per heavy atom. The molecule has 0 spiro atoms. The standard InChI is InChI=1S/C18H25ClF2/c1-18(2,3)14-7-5-13(6-8-14)15(19)10-12-4-9-16(20)17(21)11-12/h4,9,11,13-15H,5-8,10H2,1-3H3. The number of hydrogen-bond acceptors (Lipinski definition) is 0. The molecule has 3 heteroatoms. The Hall–Kier alpha value is -0.630. The summed E-state index contributed by atoms with van der Waals surface area (Å²) in [6.45, 7) is 6.91. The van der Waals surface area contributed by atoms with Crippen LogP contribution in [0, 0.1) is 28.9 Å². The van der Waals surface area contributed by atoms with Crippen LogP contribution >= 0.6 is 11.6 Å². The van der Waals surface area contributed by atoms with E-state index in [1.807, 2.05) is 0 Å². The largest absolute Gasteiger partial charge is 0.204 e. The van der Waals surface area contributed by atoms with Crippen molar-refractivity contribution in [2.75, 3.05) is 0 Å². The average molecular weight is 315 g/mol. The van der Waals surface area contributed by atoms with Crippen molar-refractivity contribution >= 4 is 11.6 Å². The van der Waals surface area contributed by atoms with Crippen molar-refractivity contribution in [2.24, 2.45) is 17.3 Å². The predicted octanol–water partition coefficient (Wildman–Crippen LogP) is 5.97. The molecule has 1 aliphatic carbocycles. The van der Waals surface area contributed by atoms with Gasteiger partial charge in [0.05, 0.1) is 0 Å². The van der Waals surface area contributed by atoms with Crippen molar-refractivity contribution in [1.82, 2.24) is 0 Å². The summed E-state index contributed by atoms with van der Waals surface area (Å²) in [5.74, 6) is -0.331. The second-order valence-electron chi connectivity index (χ2n) is 7.45. The lowest BCUT2D eigenvalue weighted by molar-refractivity contribution is 0.148. The molecule has 0 heterocycles. The molecule has 0 aromatic heterocycles. The summed E-state index contributed by atoms with van der Waals surface area (Å²) >= 11 is 6.53. The van der Waals surface area contributed by atoms with Gasteiger partial charge in [0.2, 0.25) is 0 Å². The van der Waals surface area contributed by atoms with Crippen LogP contribution in [-0.2, 0) is 6.42 Å². The summed E-state index contributed by atoms with van der Waals surface area (Å²) in [5, 5.41) is 0.00998. The van der Waals surface area contributed by atoms with Crippen molar-refractivity contribution in [3.8, 4) is 0 Å². The zero-order valence-electron chi connectivity index (χ0n) is 13.1. The van der Waals surface area contributed by atoms with Crippen molar-refractivity contribution < 1.29 is 8.78 Å². The van der Waals surface area contributed by atoms with Gasteiger partial charge >= 0.3 is 0 Å². The molecule has 21 heavy (non-hydrogen) atoms. The Kier molecular flexibility index (Phi) is 5.29. The first-order chi connectivity index (χ1) is 9.77. The summed E-state index contributed by atoms with van der Waals surface area (Å²) in [7, 11) is 0. The van der Waals surface area contributed by atoms with Gasteiger partial charge < -0.3 is 0 Å². The summed E-state index contributed by atoms with van der Waals surface area (Å²) < 4.78 is 26.2. The van der Waals surface area contributed by atoms with E-state index in [0.717, 1.165) is 24.3 Å². The van der Waals surface area contributed by atoms with Gasteiger partial charge in [-0.2, -0.15) is 0 Å². The van der Waals surface area contributed by atoms with Crippen LogP contribution in [0.15, 0.2) is 18.2 Å². The molecule has 118 valence electrons. The summed E-state index contributed by atoms with van der Waals surface area (Å²) in [6.07, 6.45) is 5.33. The van der Waals surface area contributed by atoms with Crippen LogP contribution in [0.4, 0.5) is 8.78 Å². The van der Waals surface area contributed by atoms with E-state index in [1.54, 1.807) is 6.07 Å². The Morgan fingerprint density at radius 3 is 2.24 bits per heavy atom. The van der Waals surface area contributed by atoms with E-state index in [0.29, 0.717) is 17.8 Å². The molecule has 1 aromatic carbocycles. The zero-order valence-corrected chi connectivity index (χ0v) is 13.9. The quantitative estimate of drug-likeness (QED) is 0.603. The second kappa shape index (κ2) is 6.64. The number of rotatable bonds is 3. The third-order valence-electron chi connectivity index (χ3n) is 4.92. The van der Waals surface area contributed by atoms with Crippen molar-refractivity contribution in [3.63, 3.8) is 0 Å². The lowest BCUT2D eigenvalue weighted by Gasteiger charge is -2.38. The molecule has 1 fully saturated rings. The van der Waals surface area contributed by atoms with Crippen molar-refractivity contribution in [2.45, 2.75) is 58.3 Å². The maximum atomic E-state index is 13.2. The van der Waals surface area contributed by atoms with Gasteiger partial charge in [-0.3, -0.25) is 0 Å². The number of alkyl halides is 1. The molecule has 0 bridgehead atoms. The van der Waals surface area contributed by atoms with Crippen LogP contribution in [0.25, 0.3) is 0 Å². The van der Waals surface area contributed by atoms with Gasteiger partial charge in [-0.1, -0.05) is 26.8 Å². The summed E-state index contributed by atoms with van der Waals surface area (Å²) in [6, 6.07) is 4.09. The van der Waals surface area contributed by atoms with Crippen LogP contribution in [0.3, 0.4) is 0 Å². The highest BCUT2D eigenvalue weighted by atomic mass is 35.5. The molecule has 0 aliphatic heterocycles. The maximum absolute atomic E-state index is 13.2. The molecular weight excluding hydrogens is 290 g/mol. The third kappa shape index (κ3) is 4.42. The molecule has 1 saturated carbocycles. The van der Waals surface area contributed by atoms with Crippen LogP contribution < -0.4 is 0 Å². The van der Waals surface area contributed by atoms with Crippen LogP contribution in [-0.4, -0.2) is 5.38 Å². The molecule has 0 nitrogen and oxygen atoms in total. The molecule has 1 aromatic rings. The molecule has 1 aliphatic rings. The smallest absolute Gasteiger partial charge is 0.159 e. The third-order valence-corrected chi connectivity index (χ3v) is 5.43. The zero-order chi connectivity index (χ0) is 15.6. The first kappa shape index (κ1) is 16.7. The van der Waals surface area contributed by atoms with Crippen LogP contribution in [0.2, 0.25) is 0 Å². The highest BCUT2D eigenvalue weighted by Gasteiger charge is 2.32. The molecule has 0 radical (unpaired) electrons. The lowest BCUT2D eigenvalue weighted by atomic mass is 9.69. The van der Waals surface area contributed by atoms with Crippen LogP contribution in [0.1, 0.15) is 52.0 Å². The van der Waals surface area contributed by atoms with E-state index < -0.39 is 11.6 Å². The van der Waals surface area contributed by atoms with E-state index in [1.165, 1.54) is 25.0 Å². The summed E-state index contributed by atoms with van der Waals surface area (Å²) in [5.41, 5.74) is 1.15. The molecule has 1 atom stereocenters.